The van der Waals surface area contributed by atoms with Gasteiger partial charge >= 0.3 is 5.97 Å². The number of aliphatic carboxylic acids is 1. The van der Waals surface area contributed by atoms with Crippen molar-refractivity contribution < 1.29 is 14.7 Å². The minimum atomic E-state index is -0.705. The Morgan fingerprint density at radius 2 is 1.43 bits per heavy atom. The quantitative estimate of drug-likeness (QED) is 0.330. The molecule has 0 atom stereocenters. The fraction of sp³-hybridized carbons (Fsp3) is 0.778. The summed E-state index contributed by atoms with van der Waals surface area (Å²) in [4.78, 5) is 22.0. The molecule has 0 fully saturated rings. The summed E-state index contributed by atoms with van der Waals surface area (Å²) in [5.41, 5.74) is 0. The van der Waals surface area contributed by atoms with Gasteiger partial charge in [0.05, 0.1) is 0 Å². The number of unbranched alkanes of at least 4 members (excludes halogenated alkanes) is 8. The van der Waals surface area contributed by atoms with Gasteiger partial charge < -0.3 is 5.11 Å². The first-order valence-corrected chi connectivity index (χ1v) is 8.55. The number of ketones is 1. The van der Waals surface area contributed by atoms with Crippen LogP contribution < -0.4 is 0 Å². The van der Waals surface area contributed by atoms with Crippen LogP contribution in [0.5, 0.6) is 0 Å². The highest BCUT2D eigenvalue weighted by molar-refractivity contribution is 5.79. The van der Waals surface area contributed by atoms with E-state index >= 15 is 0 Å². The van der Waals surface area contributed by atoms with Crippen LogP contribution in [0.2, 0.25) is 0 Å². The van der Waals surface area contributed by atoms with Crippen LogP contribution in [-0.4, -0.2) is 16.9 Å². The van der Waals surface area contributed by atoms with E-state index in [-0.39, 0.29) is 6.42 Å². The van der Waals surface area contributed by atoms with Crippen molar-refractivity contribution >= 4 is 11.8 Å². The van der Waals surface area contributed by atoms with Gasteiger partial charge in [0.15, 0.2) is 0 Å². The number of carboxylic acid groups (broad SMARTS) is 1. The maximum atomic E-state index is 11.6. The van der Waals surface area contributed by atoms with Crippen molar-refractivity contribution in [3.05, 3.63) is 12.2 Å². The largest absolute Gasteiger partial charge is 0.481 e. The molecular weight excluding hydrogens is 264 g/mol. The molecule has 0 aliphatic carbocycles. The molecule has 0 aromatic carbocycles. The van der Waals surface area contributed by atoms with Gasteiger partial charge in [0.1, 0.15) is 5.78 Å². The molecule has 0 bridgehead atoms. The summed E-state index contributed by atoms with van der Waals surface area (Å²) in [5, 5.41) is 8.50. The van der Waals surface area contributed by atoms with Crippen molar-refractivity contribution in [1.29, 1.82) is 0 Å². The van der Waals surface area contributed by atoms with Crippen LogP contribution in [0.15, 0.2) is 12.2 Å². The van der Waals surface area contributed by atoms with E-state index in [0.717, 1.165) is 44.9 Å². The smallest absolute Gasteiger partial charge is 0.303 e. The van der Waals surface area contributed by atoms with E-state index in [1.165, 1.54) is 19.3 Å². The molecule has 21 heavy (non-hydrogen) atoms. The van der Waals surface area contributed by atoms with Crippen molar-refractivity contribution in [2.45, 2.75) is 90.4 Å². The molecule has 0 spiro atoms. The van der Waals surface area contributed by atoms with E-state index in [9.17, 15) is 9.59 Å². The van der Waals surface area contributed by atoms with Crippen molar-refractivity contribution in [3.63, 3.8) is 0 Å². The SMILES string of the molecule is CCCCCC=CCC(=O)CCCCCCCCC(=O)O. The van der Waals surface area contributed by atoms with Gasteiger partial charge in [-0.2, -0.15) is 0 Å². The molecule has 0 aliphatic heterocycles. The van der Waals surface area contributed by atoms with Crippen LogP contribution in [0, 0.1) is 0 Å². The molecule has 0 aromatic heterocycles. The molecule has 0 rings (SSSR count). The van der Waals surface area contributed by atoms with E-state index in [1.54, 1.807) is 0 Å². The average Bonchev–Trinajstić information content (AvgIpc) is 2.45. The van der Waals surface area contributed by atoms with Gasteiger partial charge in [-0.15, -0.1) is 0 Å². The topological polar surface area (TPSA) is 54.4 Å². The first-order valence-electron chi connectivity index (χ1n) is 8.55. The zero-order valence-corrected chi connectivity index (χ0v) is 13.6. The minimum Gasteiger partial charge on any atom is -0.481 e. The summed E-state index contributed by atoms with van der Waals surface area (Å²) in [6.07, 6.45) is 16.5. The van der Waals surface area contributed by atoms with Gasteiger partial charge in [0.2, 0.25) is 0 Å². The molecule has 3 nitrogen and oxygen atoms in total. The third kappa shape index (κ3) is 16.8. The highest BCUT2D eigenvalue weighted by Gasteiger charge is 2.00. The maximum Gasteiger partial charge on any atom is 0.303 e. The lowest BCUT2D eigenvalue weighted by Gasteiger charge is -2.00. The van der Waals surface area contributed by atoms with Crippen molar-refractivity contribution in [2.24, 2.45) is 0 Å². The van der Waals surface area contributed by atoms with Crippen LogP contribution in [0.3, 0.4) is 0 Å². The fourth-order valence-corrected chi connectivity index (χ4v) is 2.25. The third-order valence-corrected chi connectivity index (χ3v) is 3.58. The van der Waals surface area contributed by atoms with Crippen molar-refractivity contribution in [2.75, 3.05) is 0 Å². The molecule has 0 heterocycles. The summed E-state index contributed by atoms with van der Waals surface area (Å²) >= 11 is 0. The molecule has 0 unspecified atom stereocenters. The number of hydrogen-bond donors (Lipinski definition) is 1. The van der Waals surface area contributed by atoms with E-state index in [2.05, 4.69) is 13.0 Å². The predicted octanol–water partition coefficient (Wildman–Crippen LogP) is 5.29. The Kier molecular flexibility index (Phi) is 14.5. The molecule has 0 aliphatic rings. The number of carbonyl (C=O) groups is 2. The van der Waals surface area contributed by atoms with E-state index in [4.69, 9.17) is 5.11 Å². The highest BCUT2D eigenvalue weighted by atomic mass is 16.4. The Labute approximate surface area is 129 Å². The van der Waals surface area contributed by atoms with Gasteiger partial charge in [0.25, 0.3) is 0 Å². The van der Waals surface area contributed by atoms with Crippen LogP contribution in [0.1, 0.15) is 90.4 Å². The van der Waals surface area contributed by atoms with E-state index < -0.39 is 5.97 Å². The summed E-state index contributed by atoms with van der Waals surface area (Å²) < 4.78 is 0. The number of carboxylic acids is 1. The third-order valence-electron chi connectivity index (χ3n) is 3.58. The number of carbonyl (C=O) groups excluding carboxylic acids is 1. The van der Waals surface area contributed by atoms with E-state index in [0.29, 0.717) is 18.6 Å². The highest BCUT2D eigenvalue weighted by Crippen LogP contribution is 2.09. The molecule has 0 radical (unpaired) electrons. The summed E-state index contributed by atoms with van der Waals surface area (Å²) in [7, 11) is 0. The predicted molar refractivity (Wildman–Crippen MR) is 87.5 cm³/mol. The van der Waals surface area contributed by atoms with Gasteiger partial charge in [-0.05, 0) is 25.7 Å². The summed E-state index contributed by atoms with van der Waals surface area (Å²) in [5.74, 6) is -0.365. The van der Waals surface area contributed by atoms with Gasteiger partial charge in [-0.3, -0.25) is 9.59 Å². The molecule has 3 heteroatoms. The Bertz CT molecular complexity index is 295. The Hall–Kier alpha value is -1.12. The zero-order chi connectivity index (χ0) is 15.8. The van der Waals surface area contributed by atoms with E-state index in [1.807, 2.05) is 6.08 Å². The Morgan fingerprint density at radius 3 is 2.05 bits per heavy atom. The number of rotatable bonds is 15. The molecule has 1 N–H and O–H groups in total. The van der Waals surface area contributed by atoms with Crippen LogP contribution in [0.4, 0.5) is 0 Å². The zero-order valence-electron chi connectivity index (χ0n) is 13.6. The molecule has 0 aromatic rings. The first-order chi connectivity index (χ1) is 10.2. The fourth-order valence-electron chi connectivity index (χ4n) is 2.25. The lowest BCUT2D eigenvalue weighted by Crippen LogP contribution is -1.96. The first kappa shape index (κ1) is 19.9. The monoisotopic (exact) mass is 296 g/mol. The van der Waals surface area contributed by atoms with Gasteiger partial charge in [-0.25, -0.2) is 0 Å². The Balaban J connectivity index is 3.28. The number of Topliss-reactive ketones (excluding diaryl/α,β-unsaturated/α-hetero) is 1. The van der Waals surface area contributed by atoms with Crippen LogP contribution >= 0.6 is 0 Å². The maximum absolute atomic E-state index is 11.6. The Morgan fingerprint density at radius 1 is 0.810 bits per heavy atom. The summed E-state index contributed by atoms with van der Waals surface area (Å²) in [6.45, 7) is 2.19. The normalized spacial score (nSPS) is 11.1. The van der Waals surface area contributed by atoms with Crippen molar-refractivity contribution in [1.82, 2.24) is 0 Å². The lowest BCUT2D eigenvalue weighted by atomic mass is 10.1. The van der Waals surface area contributed by atoms with Crippen LogP contribution in [0.25, 0.3) is 0 Å². The molecular formula is C18H32O3. The molecule has 0 saturated heterocycles. The number of allylic oxidation sites excluding steroid dienone is 2. The second-order valence-electron chi connectivity index (χ2n) is 5.73. The van der Waals surface area contributed by atoms with Gasteiger partial charge in [0, 0.05) is 19.3 Å². The number of hydrogen-bond acceptors (Lipinski definition) is 2. The van der Waals surface area contributed by atoms with Gasteiger partial charge in [-0.1, -0.05) is 57.6 Å². The standard InChI is InChI=1S/C18H32O3/c1-2-3-4-5-8-11-14-17(19)15-12-9-6-7-10-13-16-18(20)21/h8,11H,2-7,9-10,12-16H2,1H3,(H,20,21). The molecule has 0 saturated carbocycles. The lowest BCUT2D eigenvalue weighted by molar-refractivity contribution is -0.137. The second-order valence-corrected chi connectivity index (χ2v) is 5.73. The van der Waals surface area contributed by atoms with Crippen molar-refractivity contribution in [3.8, 4) is 0 Å². The minimum absolute atomic E-state index is 0.281. The summed E-state index contributed by atoms with van der Waals surface area (Å²) in [6, 6.07) is 0. The second kappa shape index (κ2) is 15.3. The van der Waals surface area contributed by atoms with Crippen LogP contribution in [-0.2, 0) is 9.59 Å². The molecule has 122 valence electrons. The molecule has 0 amide bonds. The average molecular weight is 296 g/mol.